The van der Waals surface area contributed by atoms with Crippen LogP contribution < -0.4 is 5.73 Å². The molecule has 1 saturated heterocycles. The fourth-order valence-corrected chi connectivity index (χ4v) is 5.92. The summed E-state index contributed by atoms with van der Waals surface area (Å²) < 4.78 is 52.2. The van der Waals surface area contributed by atoms with E-state index < -0.39 is 54.1 Å². The number of hydrogen-bond acceptors (Lipinski definition) is 13. The highest BCUT2D eigenvalue weighted by molar-refractivity contribution is 7.66. The predicted molar refractivity (Wildman–Crippen MR) is 100 cm³/mol. The number of fused-ring (bicyclic) bond motifs is 1. The van der Waals surface area contributed by atoms with Crippen molar-refractivity contribution in [2.24, 2.45) is 0 Å². The summed E-state index contributed by atoms with van der Waals surface area (Å²) in [6.07, 6.45) is -2.23. The number of hydrogen-bond donors (Lipinski definition) is 7. The molecular formula is C11H18N5O13P3. The Labute approximate surface area is 178 Å². The van der Waals surface area contributed by atoms with Crippen LogP contribution in [-0.4, -0.2) is 73.7 Å². The summed E-state index contributed by atoms with van der Waals surface area (Å²) in [5, 5.41) is 21.1. The standard InChI is InChI=1S/C11H18N5O13P3/c1-11(18)7(17)5(2-26-31(22,23)29-32(24,25)28-30(19,20)21)27-10(11)16-4-15-6-8(12)13-3-14-9(6)16/h3-5,7,10,17-18H,2H2,1H3,(H,22,23)(H,24,25)(H2,12,13,14)(H2,19,20,21)/t5-,7+,10-,11-/m1/s1. The van der Waals surface area contributed by atoms with Crippen molar-refractivity contribution in [2.45, 2.75) is 31.0 Å². The molecule has 0 saturated carbocycles. The van der Waals surface area contributed by atoms with Gasteiger partial charge >= 0.3 is 23.5 Å². The Balaban J connectivity index is 1.74. The van der Waals surface area contributed by atoms with Gasteiger partial charge in [-0.3, -0.25) is 9.09 Å². The maximum atomic E-state index is 11.9. The average molecular weight is 521 g/mol. The van der Waals surface area contributed by atoms with E-state index in [9.17, 15) is 28.8 Å². The van der Waals surface area contributed by atoms with Crippen molar-refractivity contribution in [1.29, 1.82) is 0 Å². The lowest BCUT2D eigenvalue weighted by atomic mass is 9.96. The van der Waals surface area contributed by atoms with Gasteiger partial charge in [0.1, 0.15) is 29.7 Å². The topological polar surface area (TPSA) is 279 Å². The fourth-order valence-electron chi connectivity index (χ4n) is 2.89. The normalized spacial score (nSPS) is 30.3. The molecule has 3 rings (SSSR count). The monoisotopic (exact) mass is 521 g/mol. The summed E-state index contributed by atoms with van der Waals surface area (Å²) in [6, 6.07) is 0. The molecule has 1 aliphatic rings. The van der Waals surface area contributed by atoms with Crippen LogP contribution in [0.3, 0.4) is 0 Å². The summed E-state index contributed by atoms with van der Waals surface area (Å²) in [6.45, 7) is 0.213. The summed E-state index contributed by atoms with van der Waals surface area (Å²) in [7, 11) is -16.7. The van der Waals surface area contributed by atoms with E-state index in [4.69, 9.17) is 25.2 Å². The quantitative estimate of drug-likeness (QED) is 0.200. The van der Waals surface area contributed by atoms with E-state index in [1.165, 1.54) is 17.8 Å². The molecule has 2 aromatic rings. The first-order valence-corrected chi connectivity index (χ1v) is 12.8. The molecule has 2 unspecified atom stereocenters. The molecule has 0 bridgehead atoms. The van der Waals surface area contributed by atoms with Gasteiger partial charge in [0.25, 0.3) is 0 Å². The van der Waals surface area contributed by atoms with Crippen molar-refractivity contribution < 1.29 is 61.4 Å². The van der Waals surface area contributed by atoms with Gasteiger partial charge in [-0.25, -0.2) is 28.6 Å². The van der Waals surface area contributed by atoms with Crippen LogP contribution in [0.25, 0.3) is 11.2 Å². The number of aliphatic hydroxyl groups excluding tert-OH is 1. The molecule has 0 amide bonds. The molecule has 0 aromatic carbocycles. The number of imidazole rings is 1. The third kappa shape index (κ3) is 5.40. The second kappa shape index (κ2) is 8.45. The van der Waals surface area contributed by atoms with Crippen molar-refractivity contribution in [3.05, 3.63) is 12.7 Å². The summed E-state index contributed by atoms with van der Waals surface area (Å²) in [4.78, 5) is 47.5. The van der Waals surface area contributed by atoms with Gasteiger partial charge in [-0.05, 0) is 6.92 Å². The zero-order chi connectivity index (χ0) is 24.1. The van der Waals surface area contributed by atoms with Gasteiger partial charge in [0, 0.05) is 0 Å². The van der Waals surface area contributed by atoms with E-state index in [0.29, 0.717) is 0 Å². The second-order valence-corrected chi connectivity index (χ2v) is 11.1. The molecule has 6 atom stereocenters. The highest BCUT2D eigenvalue weighted by Crippen LogP contribution is 2.66. The van der Waals surface area contributed by atoms with Crippen molar-refractivity contribution in [2.75, 3.05) is 12.3 Å². The fraction of sp³-hybridized carbons (Fsp3) is 0.545. The Morgan fingerprint density at radius 2 is 1.81 bits per heavy atom. The Hall–Kier alpha value is -1.36. The minimum absolute atomic E-state index is 0.0381. The van der Waals surface area contributed by atoms with E-state index >= 15 is 0 Å². The van der Waals surface area contributed by atoms with Crippen molar-refractivity contribution in [1.82, 2.24) is 19.5 Å². The lowest BCUT2D eigenvalue weighted by Crippen LogP contribution is -2.44. The van der Waals surface area contributed by atoms with Gasteiger partial charge in [-0.1, -0.05) is 0 Å². The SMILES string of the molecule is C[C@@]1(O)[C@@H](O)[C@@H](COP(=O)(O)OP(=O)(O)OP(=O)(O)O)O[C@H]1n1cnc2c(N)ncnc21. The molecule has 1 fully saturated rings. The number of rotatable bonds is 8. The number of nitrogens with two attached hydrogens (primary N) is 1. The Kier molecular flexibility index (Phi) is 6.67. The highest BCUT2D eigenvalue weighted by Gasteiger charge is 2.54. The molecule has 0 spiro atoms. The van der Waals surface area contributed by atoms with Gasteiger partial charge in [0.15, 0.2) is 17.7 Å². The first-order valence-electron chi connectivity index (χ1n) is 8.30. The maximum absolute atomic E-state index is 11.9. The van der Waals surface area contributed by atoms with Crippen LogP contribution in [0, 0.1) is 0 Å². The van der Waals surface area contributed by atoms with Gasteiger partial charge in [-0.2, -0.15) is 8.62 Å². The molecule has 3 heterocycles. The predicted octanol–water partition coefficient (Wildman–Crippen LogP) is -1.24. The molecule has 18 nitrogen and oxygen atoms in total. The zero-order valence-electron chi connectivity index (χ0n) is 15.8. The van der Waals surface area contributed by atoms with Crippen LogP contribution in [0.15, 0.2) is 12.7 Å². The molecular weight excluding hydrogens is 503 g/mol. The number of anilines is 1. The van der Waals surface area contributed by atoms with E-state index in [2.05, 4.69) is 28.1 Å². The van der Waals surface area contributed by atoms with Crippen LogP contribution in [0.4, 0.5) is 5.82 Å². The molecule has 0 radical (unpaired) electrons. The molecule has 21 heteroatoms. The van der Waals surface area contributed by atoms with Crippen molar-refractivity contribution in [3.8, 4) is 0 Å². The van der Waals surface area contributed by atoms with E-state index in [1.54, 1.807) is 0 Å². The minimum atomic E-state index is -5.71. The lowest BCUT2D eigenvalue weighted by molar-refractivity contribution is -0.0949. The molecule has 0 aliphatic carbocycles. The third-order valence-electron chi connectivity index (χ3n) is 4.21. The van der Waals surface area contributed by atoms with Crippen LogP contribution in [0.1, 0.15) is 13.2 Å². The first-order chi connectivity index (χ1) is 14.5. The summed E-state index contributed by atoms with van der Waals surface area (Å²) in [5.74, 6) is 0.0381. The Bertz CT molecular complexity index is 1150. The molecule has 2 aromatic heterocycles. The second-order valence-electron chi connectivity index (χ2n) is 6.67. The Morgan fingerprint density at radius 3 is 2.44 bits per heavy atom. The number of aromatic nitrogens is 4. The number of nitrogen functional groups attached to an aromatic ring is 1. The van der Waals surface area contributed by atoms with Gasteiger partial charge < -0.3 is 40.3 Å². The number of phosphoric ester groups is 1. The van der Waals surface area contributed by atoms with Crippen LogP contribution >= 0.6 is 23.5 Å². The molecule has 180 valence electrons. The van der Waals surface area contributed by atoms with Crippen molar-refractivity contribution >= 4 is 40.4 Å². The van der Waals surface area contributed by atoms with Gasteiger partial charge in [0.2, 0.25) is 0 Å². The highest BCUT2D eigenvalue weighted by atomic mass is 31.3. The van der Waals surface area contributed by atoms with Crippen LogP contribution in [0.5, 0.6) is 0 Å². The van der Waals surface area contributed by atoms with E-state index in [-0.39, 0.29) is 17.0 Å². The van der Waals surface area contributed by atoms with Gasteiger partial charge in [-0.15, -0.1) is 0 Å². The Morgan fingerprint density at radius 1 is 1.16 bits per heavy atom. The zero-order valence-corrected chi connectivity index (χ0v) is 18.5. The minimum Gasteiger partial charge on any atom is -0.387 e. The largest absolute Gasteiger partial charge is 0.490 e. The number of phosphoric acid groups is 3. The number of nitrogens with zero attached hydrogens (tertiary/aromatic N) is 4. The summed E-state index contributed by atoms with van der Waals surface area (Å²) >= 11 is 0. The van der Waals surface area contributed by atoms with Gasteiger partial charge in [0.05, 0.1) is 12.9 Å². The van der Waals surface area contributed by atoms with Crippen LogP contribution in [0.2, 0.25) is 0 Å². The van der Waals surface area contributed by atoms with E-state index in [1.807, 2.05) is 0 Å². The van der Waals surface area contributed by atoms with E-state index in [0.717, 1.165) is 6.33 Å². The average Bonchev–Trinajstić information content (AvgIpc) is 3.11. The molecule has 32 heavy (non-hydrogen) atoms. The lowest BCUT2D eigenvalue weighted by Gasteiger charge is -2.27. The third-order valence-corrected chi connectivity index (χ3v) is 8.01. The number of aliphatic hydroxyl groups is 2. The first kappa shape index (κ1) is 25.3. The van der Waals surface area contributed by atoms with Crippen molar-refractivity contribution in [3.63, 3.8) is 0 Å². The maximum Gasteiger partial charge on any atom is 0.490 e. The van der Waals surface area contributed by atoms with Crippen LogP contribution in [-0.2, 0) is 31.6 Å². The summed E-state index contributed by atoms with van der Waals surface area (Å²) in [5.41, 5.74) is 4.00. The number of ether oxygens (including phenoxy) is 1. The molecule has 8 N–H and O–H groups in total. The smallest absolute Gasteiger partial charge is 0.387 e. The molecule has 1 aliphatic heterocycles.